The minimum Gasteiger partial charge on any atom is -0.459 e. The highest BCUT2D eigenvalue weighted by Crippen LogP contribution is 2.41. The first-order valence-corrected chi connectivity index (χ1v) is 9.37. The summed E-state index contributed by atoms with van der Waals surface area (Å²) in [6, 6.07) is 6.33. The van der Waals surface area contributed by atoms with Crippen LogP contribution in [0.15, 0.2) is 47.3 Å². The number of pyridine rings is 1. The SMILES string of the molecule is O=C(NCc1ccncc1)C1COC2(CCCCC2)N1C(=O)c1ccco1. The van der Waals surface area contributed by atoms with Crippen molar-refractivity contribution >= 4 is 11.8 Å². The van der Waals surface area contributed by atoms with Gasteiger partial charge in [0.15, 0.2) is 5.76 Å². The van der Waals surface area contributed by atoms with Crippen LogP contribution in [0.1, 0.15) is 48.2 Å². The van der Waals surface area contributed by atoms with Crippen molar-refractivity contribution in [3.05, 3.63) is 54.2 Å². The van der Waals surface area contributed by atoms with Crippen molar-refractivity contribution in [1.82, 2.24) is 15.2 Å². The summed E-state index contributed by atoms with van der Waals surface area (Å²) in [5.74, 6) is -0.269. The lowest BCUT2D eigenvalue weighted by Gasteiger charge is -2.41. The maximum atomic E-state index is 13.1. The third-order valence-electron chi connectivity index (χ3n) is 5.36. The Bertz CT molecular complexity index is 785. The van der Waals surface area contributed by atoms with Crippen molar-refractivity contribution in [3.63, 3.8) is 0 Å². The highest BCUT2D eigenvalue weighted by Gasteiger charge is 2.53. The predicted octanol–water partition coefficient (Wildman–Crippen LogP) is 2.49. The number of hydrogen-bond donors (Lipinski definition) is 1. The second kappa shape index (κ2) is 7.52. The summed E-state index contributed by atoms with van der Waals surface area (Å²) in [5, 5.41) is 2.92. The molecule has 2 fully saturated rings. The van der Waals surface area contributed by atoms with Crippen molar-refractivity contribution in [2.75, 3.05) is 6.61 Å². The molecule has 1 spiro atoms. The fraction of sp³-hybridized carbons (Fsp3) is 0.450. The van der Waals surface area contributed by atoms with Crippen LogP contribution in [0.2, 0.25) is 0 Å². The molecule has 2 aromatic rings. The number of furan rings is 1. The first kappa shape index (κ1) is 17.7. The van der Waals surface area contributed by atoms with Crippen molar-refractivity contribution in [2.24, 2.45) is 0 Å². The van der Waals surface area contributed by atoms with Crippen LogP contribution in [0, 0.1) is 0 Å². The van der Waals surface area contributed by atoms with Crippen LogP contribution < -0.4 is 5.32 Å². The van der Waals surface area contributed by atoms with Crippen LogP contribution in [0.3, 0.4) is 0 Å². The van der Waals surface area contributed by atoms with Crippen LogP contribution in [0.5, 0.6) is 0 Å². The Balaban J connectivity index is 1.54. The summed E-state index contributed by atoms with van der Waals surface area (Å²) < 4.78 is 11.4. The third-order valence-corrected chi connectivity index (χ3v) is 5.36. The summed E-state index contributed by atoms with van der Waals surface area (Å²) in [6.07, 6.45) is 9.40. The fourth-order valence-corrected chi connectivity index (χ4v) is 4.00. The van der Waals surface area contributed by atoms with Gasteiger partial charge in [-0.15, -0.1) is 0 Å². The third kappa shape index (κ3) is 3.47. The number of nitrogens with one attached hydrogen (secondary N) is 1. The molecule has 2 amide bonds. The second-order valence-corrected chi connectivity index (χ2v) is 7.06. The minimum atomic E-state index is -0.708. The zero-order valence-electron chi connectivity index (χ0n) is 15.1. The summed E-state index contributed by atoms with van der Waals surface area (Å²) in [4.78, 5) is 31.6. The summed E-state index contributed by atoms with van der Waals surface area (Å²) >= 11 is 0. The average Bonchev–Trinajstić information content (AvgIpc) is 3.36. The van der Waals surface area contributed by atoms with Crippen LogP contribution in [-0.2, 0) is 16.1 Å². The standard InChI is InChI=1S/C20H23N3O4/c24-18(22-13-15-6-10-21-11-7-15)16-14-27-20(8-2-1-3-9-20)23(16)19(25)17-5-4-12-26-17/h4-7,10-12,16H,1-3,8-9,13-14H2,(H,22,24). The number of aromatic nitrogens is 1. The maximum absolute atomic E-state index is 13.1. The van der Waals surface area contributed by atoms with E-state index in [9.17, 15) is 9.59 Å². The van der Waals surface area contributed by atoms with Gasteiger partial charge in [-0.3, -0.25) is 19.5 Å². The van der Waals surface area contributed by atoms with E-state index in [0.717, 1.165) is 37.7 Å². The van der Waals surface area contributed by atoms with Crippen molar-refractivity contribution in [2.45, 2.75) is 50.4 Å². The van der Waals surface area contributed by atoms with Crippen molar-refractivity contribution in [3.8, 4) is 0 Å². The lowest BCUT2D eigenvalue weighted by atomic mass is 9.90. The summed E-state index contributed by atoms with van der Waals surface area (Å²) in [5.41, 5.74) is 0.245. The molecule has 1 unspecified atom stereocenters. The minimum absolute atomic E-state index is 0.203. The van der Waals surface area contributed by atoms with E-state index in [4.69, 9.17) is 9.15 Å². The molecule has 7 nitrogen and oxygen atoms in total. The van der Waals surface area contributed by atoms with Gasteiger partial charge in [0.1, 0.15) is 11.8 Å². The monoisotopic (exact) mass is 369 g/mol. The van der Waals surface area contributed by atoms with E-state index in [2.05, 4.69) is 10.3 Å². The number of nitrogens with zero attached hydrogens (tertiary/aromatic N) is 2. The second-order valence-electron chi connectivity index (χ2n) is 7.06. The molecule has 1 aliphatic carbocycles. The Kier molecular flexibility index (Phi) is 4.94. The summed E-state index contributed by atoms with van der Waals surface area (Å²) in [7, 11) is 0. The molecule has 1 N–H and O–H groups in total. The number of carbonyl (C=O) groups excluding carboxylic acids is 2. The molecule has 1 saturated carbocycles. The highest BCUT2D eigenvalue weighted by molar-refractivity contribution is 5.96. The van der Waals surface area contributed by atoms with Gasteiger partial charge in [-0.05, 0) is 55.5 Å². The van der Waals surface area contributed by atoms with Crippen LogP contribution in [0.4, 0.5) is 0 Å². The van der Waals surface area contributed by atoms with E-state index in [0.29, 0.717) is 6.54 Å². The molecule has 0 radical (unpaired) electrons. The zero-order chi connectivity index (χ0) is 18.7. The number of hydrogen-bond acceptors (Lipinski definition) is 5. The zero-order valence-corrected chi connectivity index (χ0v) is 15.1. The molecule has 142 valence electrons. The van der Waals surface area contributed by atoms with E-state index in [1.807, 2.05) is 12.1 Å². The quantitative estimate of drug-likeness (QED) is 0.895. The molecular formula is C20H23N3O4. The van der Waals surface area contributed by atoms with Gasteiger partial charge in [0.2, 0.25) is 5.91 Å². The smallest absolute Gasteiger partial charge is 0.292 e. The fourth-order valence-electron chi connectivity index (χ4n) is 4.00. The lowest BCUT2D eigenvalue weighted by molar-refractivity contribution is -0.127. The van der Waals surface area contributed by atoms with Crippen molar-refractivity contribution < 1.29 is 18.7 Å². The van der Waals surface area contributed by atoms with Gasteiger partial charge in [-0.1, -0.05) is 6.42 Å². The molecule has 2 aliphatic rings. The first-order chi connectivity index (χ1) is 13.2. The normalized spacial score (nSPS) is 21.3. The number of carbonyl (C=O) groups is 2. The largest absolute Gasteiger partial charge is 0.459 e. The molecule has 2 aromatic heterocycles. The van der Waals surface area contributed by atoms with E-state index in [1.54, 1.807) is 29.4 Å². The van der Waals surface area contributed by atoms with Gasteiger partial charge in [0.05, 0.1) is 12.9 Å². The van der Waals surface area contributed by atoms with E-state index in [1.165, 1.54) is 6.26 Å². The highest BCUT2D eigenvalue weighted by atomic mass is 16.5. The van der Waals surface area contributed by atoms with Crippen molar-refractivity contribution in [1.29, 1.82) is 0 Å². The Morgan fingerprint density at radius 1 is 1.19 bits per heavy atom. The molecule has 3 heterocycles. The van der Waals surface area contributed by atoms with Gasteiger partial charge < -0.3 is 14.5 Å². The number of ether oxygens (including phenoxy) is 1. The molecule has 1 aliphatic heterocycles. The molecule has 27 heavy (non-hydrogen) atoms. The molecular weight excluding hydrogens is 346 g/mol. The summed E-state index contributed by atoms with van der Waals surface area (Å²) in [6.45, 7) is 0.586. The van der Waals surface area contributed by atoms with Gasteiger partial charge in [0, 0.05) is 18.9 Å². The van der Waals surface area contributed by atoms with Gasteiger partial charge in [0.25, 0.3) is 5.91 Å². The average molecular weight is 369 g/mol. The van der Waals surface area contributed by atoms with E-state index < -0.39 is 11.8 Å². The maximum Gasteiger partial charge on any atom is 0.292 e. The Hall–Kier alpha value is -2.67. The lowest BCUT2D eigenvalue weighted by Crippen LogP contribution is -2.56. The Labute approximate surface area is 157 Å². The number of rotatable bonds is 4. The van der Waals surface area contributed by atoms with Crippen LogP contribution in [-0.4, -0.2) is 40.1 Å². The molecule has 0 aromatic carbocycles. The van der Waals surface area contributed by atoms with Crippen LogP contribution in [0.25, 0.3) is 0 Å². The van der Waals surface area contributed by atoms with Gasteiger partial charge >= 0.3 is 0 Å². The Morgan fingerprint density at radius 2 is 1.96 bits per heavy atom. The van der Waals surface area contributed by atoms with Gasteiger partial charge in [-0.2, -0.15) is 0 Å². The molecule has 0 bridgehead atoms. The number of amides is 2. The molecule has 1 saturated heterocycles. The first-order valence-electron chi connectivity index (χ1n) is 9.37. The Morgan fingerprint density at radius 3 is 2.67 bits per heavy atom. The topological polar surface area (TPSA) is 84.7 Å². The predicted molar refractivity (Wildman–Crippen MR) is 96.5 cm³/mol. The van der Waals surface area contributed by atoms with E-state index >= 15 is 0 Å². The van der Waals surface area contributed by atoms with Gasteiger partial charge in [-0.25, -0.2) is 0 Å². The van der Waals surface area contributed by atoms with Crippen LogP contribution >= 0.6 is 0 Å². The molecule has 7 heteroatoms. The molecule has 4 rings (SSSR count). The molecule has 1 atom stereocenters. The van der Waals surface area contributed by atoms with E-state index in [-0.39, 0.29) is 24.2 Å².